The predicted molar refractivity (Wildman–Crippen MR) is 60.9 cm³/mol. The molecule has 0 heterocycles. The summed E-state index contributed by atoms with van der Waals surface area (Å²) in [7, 11) is 1.65. The van der Waals surface area contributed by atoms with E-state index >= 15 is 0 Å². The van der Waals surface area contributed by atoms with E-state index in [1.54, 1.807) is 18.8 Å². The number of nitrogens with one attached hydrogen (secondary N) is 1. The first-order valence-corrected chi connectivity index (χ1v) is 5.67. The largest absolute Gasteiger partial charge is 0.359 e. The van der Waals surface area contributed by atoms with Crippen LogP contribution >= 0.6 is 23.4 Å². The molecule has 1 N–H and O–H groups in total. The van der Waals surface area contributed by atoms with Gasteiger partial charge in [0.15, 0.2) is 0 Å². The minimum absolute atomic E-state index is 0.0754. The first-order valence-electron chi connectivity index (χ1n) is 4.31. The zero-order valence-electron chi connectivity index (χ0n) is 7.92. The smallest absolute Gasteiger partial charge is 0.220 e. The van der Waals surface area contributed by atoms with Crippen LogP contribution in [0.25, 0.3) is 0 Å². The molecule has 0 bridgehead atoms. The Hall–Kier alpha value is -0.670. The standard InChI is InChI=1S/C10H12ClNOS/c1-12-10(13)6-7-14-9-4-2-8(11)3-5-9/h2-5H,6-7H2,1H3,(H,12,13). The molecule has 4 heteroatoms. The molecule has 0 aliphatic heterocycles. The van der Waals surface area contributed by atoms with Crippen molar-refractivity contribution < 1.29 is 4.79 Å². The highest BCUT2D eigenvalue weighted by Crippen LogP contribution is 2.20. The van der Waals surface area contributed by atoms with Crippen molar-refractivity contribution >= 4 is 29.3 Å². The van der Waals surface area contributed by atoms with E-state index in [0.29, 0.717) is 6.42 Å². The van der Waals surface area contributed by atoms with Gasteiger partial charge in [0.25, 0.3) is 0 Å². The fourth-order valence-electron chi connectivity index (χ4n) is 0.917. The predicted octanol–water partition coefficient (Wildman–Crippen LogP) is 2.57. The van der Waals surface area contributed by atoms with Crippen molar-refractivity contribution in [2.75, 3.05) is 12.8 Å². The van der Waals surface area contributed by atoms with Gasteiger partial charge in [0.1, 0.15) is 0 Å². The summed E-state index contributed by atoms with van der Waals surface area (Å²) in [4.78, 5) is 12.0. The van der Waals surface area contributed by atoms with E-state index in [2.05, 4.69) is 5.32 Å². The third kappa shape index (κ3) is 4.03. The van der Waals surface area contributed by atoms with Gasteiger partial charge in [-0.3, -0.25) is 4.79 Å². The lowest BCUT2D eigenvalue weighted by atomic mass is 10.4. The van der Waals surface area contributed by atoms with Crippen LogP contribution in [0.3, 0.4) is 0 Å². The summed E-state index contributed by atoms with van der Waals surface area (Å²) in [5.41, 5.74) is 0. The maximum atomic E-state index is 10.9. The normalized spacial score (nSPS) is 9.86. The molecule has 0 aromatic heterocycles. The lowest BCUT2D eigenvalue weighted by Crippen LogP contribution is -2.17. The SMILES string of the molecule is CNC(=O)CCSc1ccc(Cl)cc1. The number of thioether (sulfide) groups is 1. The van der Waals surface area contributed by atoms with Crippen LogP contribution < -0.4 is 5.32 Å². The van der Waals surface area contributed by atoms with Crippen LogP contribution in [0.1, 0.15) is 6.42 Å². The molecule has 0 aliphatic rings. The lowest BCUT2D eigenvalue weighted by Gasteiger charge is -2.00. The molecule has 0 unspecified atom stereocenters. The molecule has 1 rings (SSSR count). The molecule has 1 aromatic carbocycles. The van der Waals surface area contributed by atoms with Gasteiger partial charge in [-0.25, -0.2) is 0 Å². The van der Waals surface area contributed by atoms with E-state index in [9.17, 15) is 4.79 Å². The topological polar surface area (TPSA) is 29.1 Å². The summed E-state index contributed by atoms with van der Waals surface area (Å²) >= 11 is 7.40. The van der Waals surface area contributed by atoms with E-state index in [1.165, 1.54) is 0 Å². The van der Waals surface area contributed by atoms with Crippen LogP contribution in [0.5, 0.6) is 0 Å². The molecule has 0 atom stereocenters. The van der Waals surface area contributed by atoms with Crippen molar-refractivity contribution in [1.82, 2.24) is 5.32 Å². The maximum absolute atomic E-state index is 10.9. The number of halogens is 1. The fraction of sp³-hybridized carbons (Fsp3) is 0.300. The molecule has 0 spiro atoms. The monoisotopic (exact) mass is 229 g/mol. The average Bonchev–Trinajstić information content (AvgIpc) is 2.21. The zero-order valence-corrected chi connectivity index (χ0v) is 9.49. The molecule has 1 aromatic rings. The average molecular weight is 230 g/mol. The van der Waals surface area contributed by atoms with Crippen molar-refractivity contribution in [3.05, 3.63) is 29.3 Å². The van der Waals surface area contributed by atoms with E-state index in [-0.39, 0.29) is 5.91 Å². The Morgan fingerprint density at radius 1 is 1.43 bits per heavy atom. The molecule has 0 saturated heterocycles. The van der Waals surface area contributed by atoms with Crippen LogP contribution in [0.15, 0.2) is 29.2 Å². The minimum Gasteiger partial charge on any atom is -0.359 e. The number of hydrogen-bond acceptors (Lipinski definition) is 2. The molecular formula is C10H12ClNOS. The summed E-state index contributed by atoms with van der Waals surface area (Å²) in [6.07, 6.45) is 0.545. The molecule has 76 valence electrons. The highest BCUT2D eigenvalue weighted by molar-refractivity contribution is 7.99. The first kappa shape index (κ1) is 11.4. The zero-order chi connectivity index (χ0) is 10.4. The Balaban J connectivity index is 2.31. The van der Waals surface area contributed by atoms with Crippen LogP contribution in [-0.2, 0) is 4.79 Å². The van der Waals surface area contributed by atoms with Gasteiger partial charge >= 0.3 is 0 Å². The Labute approximate surface area is 93.0 Å². The van der Waals surface area contributed by atoms with Crippen molar-refractivity contribution in [3.8, 4) is 0 Å². The summed E-state index contributed by atoms with van der Waals surface area (Å²) in [5, 5.41) is 3.32. The van der Waals surface area contributed by atoms with Gasteiger partial charge in [0.2, 0.25) is 5.91 Å². The Morgan fingerprint density at radius 3 is 2.64 bits per heavy atom. The number of amides is 1. The summed E-state index contributed by atoms with van der Waals surface area (Å²) in [6.45, 7) is 0. The Morgan fingerprint density at radius 2 is 2.07 bits per heavy atom. The van der Waals surface area contributed by atoms with Crippen LogP contribution in [0.4, 0.5) is 0 Å². The Bertz CT molecular complexity index is 299. The number of benzene rings is 1. The number of hydrogen-bond donors (Lipinski definition) is 1. The van der Waals surface area contributed by atoms with Gasteiger partial charge in [-0.2, -0.15) is 0 Å². The quantitative estimate of drug-likeness (QED) is 0.805. The van der Waals surface area contributed by atoms with Gasteiger partial charge < -0.3 is 5.32 Å². The summed E-state index contributed by atoms with van der Waals surface area (Å²) in [5.74, 6) is 0.868. The first-order chi connectivity index (χ1) is 6.72. The second kappa shape index (κ2) is 5.94. The van der Waals surface area contributed by atoms with E-state index < -0.39 is 0 Å². The molecule has 0 saturated carbocycles. The number of carbonyl (C=O) groups excluding carboxylic acids is 1. The van der Waals surface area contributed by atoms with Crippen LogP contribution in [-0.4, -0.2) is 18.7 Å². The van der Waals surface area contributed by atoms with Crippen molar-refractivity contribution in [2.24, 2.45) is 0 Å². The van der Waals surface area contributed by atoms with Crippen molar-refractivity contribution in [1.29, 1.82) is 0 Å². The molecule has 0 aliphatic carbocycles. The highest BCUT2D eigenvalue weighted by Gasteiger charge is 1.98. The van der Waals surface area contributed by atoms with E-state index in [0.717, 1.165) is 15.7 Å². The molecule has 1 amide bonds. The minimum atomic E-state index is 0.0754. The Kier molecular flexibility index (Phi) is 4.84. The molecule has 0 fully saturated rings. The van der Waals surface area contributed by atoms with Gasteiger partial charge in [0.05, 0.1) is 0 Å². The molecular weight excluding hydrogens is 218 g/mol. The van der Waals surface area contributed by atoms with E-state index in [4.69, 9.17) is 11.6 Å². The third-order valence-corrected chi connectivity index (χ3v) is 2.96. The maximum Gasteiger partial charge on any atom is 0.220 e. The van der Waals surface area contributed by atoms with E-state index in [1.807, 2.05) is 24.3 Å². The second-order valence-electron chi connectivity index (χ2n) is 2.73. The van der Waals surface area contributed by atoms with Crippen molar-refractivity contribution in [2.45, 2.75) is 11.3 Å². The summed E-state index contributed by atoms with van der Waals surface area (Å²) < 4.78 is 0. The highest BCUT2D eigenvalue weighted by atomic mass is 35.5. The van der Waals surface area contributed by atoms with Crippen molar-refractivity contribution in [3.63, 3.8) is 0 Å². The fourth-order valence-corrected chi connectivity index (χ4v) is 1.90. The number of carbonyl (C=O) groups is 1. The molecule has 2 nitrogen and oxygen atoms in total. The number of rotatable bonds is 4. The van der Waals surface area contributed by atoms with Gasteiger partial charge in [-0.15, -0.1) is 11.8 Å². The molecule has 0 radical (unpaired) electrons. The van der Waals surface area contributed by atoms with Crippen LogP contribution in [0.2, 0.25) is 5.02 Å². The third-order valence-electron chi connectivity index (χ3n) is 1.69. The second-order valence-corrected chi connectivity index (χ2v) is 4.33. The van der Waals surface area contributed by atoms with Crippen LogP contribution in [0, 0.1) is 0 Å². The van der Waals surface area contributed by atoms with Gasteiger partial charge in [-0.1, -0.05) is 11.6 Å². The van der Waals surface area contributed by atoms with Gasteiger partial charge in [0, 0.05) is 29.1 Å². The van der Waals surface area contributed by atoms with Gasteiger partial charge in [-0.05, 0) is 24.3 Å². The molecule has 14 heavy (non-hydrogen) atoms. The lowest BCUT2D eigenvalue weighted by molar-refractivity contribution is -0.120. The summed E-state index contributed by atoms with van der Waals surface area (Å²) in [6, 6.07) is 7.61.